The van der Waals surface area contributed by atoms with Gasteiger partial charge in [0.05, 0.1) is 17.2 Å². The zero-order valence-corrected chi connectivity index (χ0v) is 18.0. The molecule has 0 unspecified atom stereocenters. The molecule has 1 fully saturated rings. The summed E-state index contributed by atoms with van der Waals surface area (Å²) in [5, 5.41) is 7.32. The molecule has 6 nitrogen and oxygen atoms in total. The third kappa shape index (κ3) is 4.74. The van der Waals surface area contributed by atoms with Gasteiger partial charge in [-0.3, -0.25) is 4.98 Å². The van der Waals surface area contributed by atoms with E-state index in [2.05, 4.69) is 45.3 Å². The lowest BCUT2D eigenvalue weighted by Gasteiger charge is -2.22. The normalized spacial score (nSPS) is 15.0. The molecular weight excluding hydrogens is 374 g/mol. The maximum atomic E-state index is 12.2. The number of carbonyl (C=O) groups is 1. The Balaban J connectivity index is 1.44. The van der Waals surface area contributed by atoms with Gasteiger partial charge >= 0.3 is 6.03 Å². The third-order valence-corrected chi connectivity index (χ3v) is 6.10. The van der Waals surface area contributed by atoms with Crippen LogP contribution in [0.1, 0.15) is 64.1 Å². The van der Waals surface area contributed by atoms with Gasteiger partial charge in [0, 0.05) is 30.9 Å². The van der Waals surface area contributed by atoms with E-state index in [1.165, 1.54) is 24.8 Å². The van der Waals surface area contributed by atoms with Gasteiger partial charge in [0.15, 0.2) is 0 Å². The van der Waals surface area contributed by atoms with Crippen LogP contribution in [-0.2, 0) is 13.0 Å². The van der Waals surface area contributed by atoms with E-state index in [0.717, 1.165) is 67.3 Å². The van der Waals surface area contributed by atoms with Gasteiger partial charge in [0.25, 0.3) is 0 Å². The molecule has 0 spiro atoms. The highest BCUT2D eigenvalue weighted by Gasteiger charge is 2.16. The molecule has 30 heavy (non-hydrogen) atoms. The molecule has 2 aromatic heterocycles. The Morgan fingerprint density at radius 2 is 1.97 bits per heavy atom. The molecular formula is C24H33N5O. The first-order valence-corrected chi connectivity index (χ1v) is 11.5. The first kappa shape index (κ1) is 20.6. The Bertz CT molecular complexity index is 990. The highest BCUT2D eigenvalue weighted by atomic mass is 16.2. The van der Waals surface area contributed by atoms with Crippen LogP contribution >= 0.6 is 0 Å². The lowest BCUT2D eigenvalue weighted by molar-refractivity contribution is 0.232. The van der Waals surface area contributed by atoms with Crippen LogP contribution in [0.2, 0.25) is 0 Å². The first-order chi connectivity index (χ1) is 14.8. The second kappa shape index (κ2) is 9.92. The molecule has 160 valence electrons. The molecule has 1 aliphatic carbocycles. The van der Waals surface area contributed by atoms with Crippen molar-refractivity contribution in [2.45, 2.75) is 77.3 Å². The van der Waals surface area contributed by atoms with Gasteiger partial charge in [0.1, 0.15) is 11.3 Å². The van der Waals surface area contributed by atoms with Crippen LogP contribution in [0.4, 0.5) is 4.79 Å². The van der Waals surface area contributed by atoms with Crippen molar-refractivity contribution in [1.29, 1.82) is 0 Å². The number of benzene rings is 1. The number of rotatable bonds is 8. The largest absolute Gasteiger partial charge is 0.338 e. The minimum atomic E-state index is -0.0294. The quantitative estimate of drug-likeness (QED) is 0.519. The summed E-state index contributed by atoms with van der Waals surface area (Å²) in [4.78, 5) is 21.7. The summed E-state index contributed by atoms with van der Waals surface area (Å²) in [5.74, 6) is 1.12. The predicted molar refractivity (Wildman–Crippen MR) is 122 cm³/mol. The van der Waals surface area contributed by atoms with Crippen LogP contribution in [-0.4, -0.2) is 33.2 Å². The number of pyridine rings is 1. The zero-order chi connectivity index (χ0) is 20.8. The number of nitrogens with one attached hydrogen (secondary N) is 2. The number of carbonyl (C=O) groups excluding carboxylic acids is 1. The van der Waals surface area contributed by atoms with Crippen molar-refractivity contribution in [2.24, 2.45) is 0 Å². The molecule has 1 aliphatic rings. The van der Waals surface area contributed by atoms with E-state index < -0.39 is 0 Å². The second-order valence-corrected chi connectivity index (χ2v) is 8.38. The summed E-state index contributed by atoms with van der Waals surface area (Å²) >= 11 is 0. The van der Waals surface area contributed by atoms with E-state index in [1.807, 2.05) is 12.3 Å². The SMILES string of the molecule is CCCCc1nc2cnc3ccccc3c2n1CCCNC(=O)NC1CCCCC1. The molecule has 2 heterocycles. The number of hydrogen-bond acceptors (Lipinski definition) is 3. The van der Waals surface area contributed by atoms with Crippen molar-refractivity contribution in [3.05, 3.63) is 36.3 Å². The van der Waals surface area contributed by atoms with Gasteiger partial charge in [-0.25, -0.2) is 9.78 Å². The molecule has 1 saturated carbocycles. The van der Waals surface area contributed by atoms with Gasteiger partial charge in [-0.15, -0.1) is 0 Å². The van der Waals surface area contributed by atoms with E-state index >= 15 is 0 Å². The average molecular weight is 408 g/mol. The van der Waals surface area contributed by atoms with Crippen molar-refractivity contribution in [1.82, 2.24) is 25.2 Å². The third-order valence-electron chi connectivity index (χ3n) is 6.10. The molecule has 0 radical (unpaired) electrons. The van der Waals surface area contributed by atoms with Crippen LogP contribution in [0.3, 0.4) is 0 Å². The van der Waals surface area contributed by atoms with E-state index in [1.54, 1.807) is 0 Å². The van der Waals surface area contributed by atoms with E-state index in [4.69, 9.17) is 4.98 Å². The molecule has 0 aliphatic heterocycles. The Labute approximate surface area is 178 Å². The Hall–Kier alpha value is -2.63. The standard InChI is InChI=1S/C24H33N5O/c1-2-3-14-22-28-21-17-26-20-13-8-7-12-19(20)23(21)29(22)16-9-15-25-24(30)27-18-10-5-4-6-11-18/h7-8,12-13,17-18H,2-6,9-11,14-16H2,1H3,(H2,25,27,30). The molecule has 4 rings (SSSR count). The minimum absolute atomic E-state index is 0.0294. The summed E-state index contributed by atoms with van der Waals surface area (Å²) in [7, 11) is 0. The first-order valence-electron chi connectivity index (χ1n) is 11.5. The van der Waals surface area contributed by atoms with Crippen LogP contribution in [0, 0.1) is 0 Å². The number of urea groups is 1. The fraction of sp³-hybridized carbons (Fsp3) is 0.542. The molecule has 0 atom stereocenters. The van der Waals surface area contributed by atoms with Crippen LogP contribution in [0.5, 0.6) is 0 Å². The molecule has 3 aromatic rings. The zero-order valence-electron chi connectivity index (χ0n) is 18.0. The highest BCUT2D eigenvalue weighted by Crippen LogP contribution is 2.25. The maximum Gasteiger partial charge on any atom is 0.315 e. The van der Waals surface area contributed by atoms with Gasteiger partial charge in [0.2, 0.25) is 0 Å². The lowest BCUT2D eigenvalue weighted by Crippen LogP contribution is -2.43. The van der Waals surface area contributed by atoms with Crippen LogP contribution < -0.4 is 10.6 Å². The summed E-state index contributed by atoms with van der Waals surface area (Å²) in [5.41, 5.74) is 3.12. The summed E-state index contributed by atoms with van der Waals surface area (Å²) < 4.78 is 2.34. The van der Waals surface area contributed by atoms with E-state index in [-0.39, 0.29) is 6.03 Å². The van der Waals surface area contributed by atoms with Crippen molar-refractivity contribution in [2.75, 3.05) is 6.54 Å². The van der Waals surface area contributed by atoms with E-state index in [0.29, 0.717) is 12.6 Å². The number of amides is 2. The molecule has 0 saturated heterocycles. The number of unbranched alkanes of at least 4 members (excludes halogenated alkanes) is 1. The van der Waals surface area contributed by atoms with Gasteiger partial charge in [-0.2, -0.15) is 0 Å². The second-order valence-electron chi connectivity index (χ2n) is 8.38. The number of aromatic nitrogens is 3. The minimum Gasteiger partial charge on any atom is -0.338 e. The van der Waals surface area contributed by atoms with Gasteiger partial charge in [-0.05, 0) is 31.7 Å². The van der Waals surface area contributed by atoms with Gasteiger partial charge in [-0.1, -0.05) is 50.8 Å². The van der Waals surface area contributed by atoms with Gasteiger partial charge < -0.3 is 15.2 Å². The number of nitrogens with zero attached hydrogens (tertiary/aromatic N) is 3. The monoisotopic (exact) mass is 407 g/mol. The highest BCUT2D eigenvalue weighted by molar-refractivity contribution is 6.02. The average Bonchev–Trinajstić information content (AvgIpc) is 3.14. The van der Waals surface area contributed by atoms with Crippen molar-refractivity contribution >= 4 is 28.0 Å². The maximum absolute atomic E-state index is 12.2. The summed E-state index contributed by atoms with van der Waals surface area (Å²) in [6, 6.07) is 8.57. The Kier molecular flexibility index (Phi) is 6.82. The van der Waals surface area contributed by atoms with Crippen LogP contribution in [0.25, 0.3) is 21.9 Å². The number of imidazole rings is 1. The fourth-order valence-corrected chi connectivity index (χ4v) is 4.50. The van der Waals surface area contributed by atoms with E-state index in [9.17, 15) is 4.79 Å². The van der Waals surface area contributed by atoms with Crippen molar-refractivity contribution in [3.63, 3.8) is 0 Å². The molecule has 2 amide bonds. The van der Waals surface area contributed by atoms with Crippen LogP contribution in [0.15, 0.2) is 30.5 Å². The summed E-state index contributed by atoms with van der Waals surface area (Å²) in [6.07, 6.45) is 12.0. The molecule has 2 N–H and O–H groups in total. The topological polar surface area (TPSA) is 71.8 Å². The summed E-state index contributed by atoms with van der Waals surface area (Å²) in [6.45, 7) is 3.71. The number of para-hydroxylation sites is 1. The molecule has 0 bridgehead atoms. The predicted octanol–water partition coefficient (Wildman–Crippen LogP) is 4.95. The smallest absolute Gasteiger partial charge is 0.315 e. The Morgan fingerprint density at radius 3 is 2.80 bits per heavy atom. The fourth-order valence-electron chi connectivity index (χ4n) is 4.50. The van der Waals surface area contributed by atoms with Crippen molar-refractivity contribution in [3.8, 4) is 0 Å². The lowest BCUT2D eigenvalue weighted by atomic mass is 9.96. The van der Waals surface area contributed by atoms with Crippen molar-refractivity contribution < 1.29 is 4.79 Å². The number of hydrogen-bond donors (Lipinski definition) is 2. The molecule has 1 aromatic carbocycles. The number of aryl methyl sites for hydroxylation is 2. The number of fused-ring (bicyclic) bond motifs is 3. The molecule has 6 heteroatoms. The Morgan fingerprint density at radius 1 is 1.13 bits per heavy atom.